The molecule has 0 radical (unpaired) electrons. The van der Waals surface area contributed by atoms with Gasteiger partial charge in [-0.3, -0.25) is 14.4 Å². The second-order valence-electron chi connectivity index (χ2n) is 5.71. The highest BCUT2D eigenvalue weighted by molar-refractivity contribution is 5.74. The van der Waals surface area contributed by atoms with E-state index >= 15 is 0 Å². The zero-order valence-corrected chi connectivity index (χ0v) is 12.0. The van der Waals surface area contributed by atoms with Crippen molar-refractivity contribution in [1.29, 1.82) is 0 Å². The Morgan fingerprint density at radius 1 is 1.53 bits per heavy atom. The summed E-state index contributed by atoms with van der Waals surface area (Å²) in [7, 11) is 0. The summed E-state index contributed by atoms with van der Waals surface area (Å²) >= 11 is 0. The SMILES string of the molecule is CCn1cc(C(C)N2CCC(C)(C(=O)O)CC2)cn1. The molecule has 1 aromatic rings. The van der Waals surface area contributed by atoms with Gasteiger partial charge in [-0.2, -0.15) is 5.10 Å². The van der Waals surface area contributed by atoms with E-state index in [4.69, 9.17) is 0 Å². The molecule has 0 aliphatic carbocycles. The van der Waals surface area contributed by atoms with Gasteiger partial charge >= 0.3 is 5.97 Å². The van der Waals surface area contributed by atoms with Gasteiger partial charge in [0, 0.05) is 24.3 Å². The van der Waals surface area contributed by atoms with Gasteiger partial charge in [0.1, 0.15) is 0 Å². The van der Waals surface area contributed by atoms with Crippen molar-refractivity contribution >= 4 is 5.97 Å². The Morgan fingerprint density at radius 3 is 2.63 bits per heavy atom. The number of carboxylic acids is 1. The maximum absolute atomic E-state index is 11.2. The van der Waals surface area contributed by atoms with Crippen molar-refractivity contribution in [3.05, 3.63) is 18.0 Å². The molecule has 1 N–H and O–H groups in total. The van der Waals surface area contributed by atoms with Gasteiger partial charge in [-0.1, -0.05) is 0 Å². The van der Waals surface area contributed by atoms with E-state index in [1.165, 1.54) is 5.56 Å². The number of likely N-dealkylation sites (tertiary alicyclic amines) is 1. The van der Waals surface area contributed by atoms with Crippen molar-refractivity contribution in [2.75, 3.05) is 13.1 Å². The highest BCUT2D eigenvalue weighted by Crippen LogP contribution is 2.34. The normalized spacial score (nSPS) is 21.2. The third-order valence-electron chi connectivity index (χ3n) is 4.43. The lowest BCUT2D eigenvalue weighted by Crippen LogP contribution is -2.43. The smallest absolute Gasteiger partial charge is 0.309 e. The highest BCUT2D eigenvalue weighted by Gasteiger charge is 2.38. The number of carbonyl (C=O) groups is 1. The standard InChI is InChI=1S/C14H23N3O2/c1-4-17-10-12(9-15-17)11(2)16-7-5-14(3,6-8-16)13(18)19/h9-11H,4-8H2,1-3H3,(H,18,19). The molecule has 5 heteroatoms. The average Bonchev–Trinajstić information content (AvgIpc) is 2.87. The largest absolute Gasteiger partial charge is 0.481 e. The van der Waals surface area contributed by atoms with Crippen LogP contribution in [0.3, 0.4) is 0 Å². The van der Waals surface area contributed by atoms with Crippen molar-refractivity contribution in [2.24, 2.45) is 5.41 Å². The molecule has 0 aromatic carbocycles. The zero-order chi connectivity index (χ0) is 14.0. The molecule has 1 atom stereocenters. The lowest BCUT2D eigenvalue weighted by Gasteiger charge is -2.39. The fourth-order valence-electron chi connectivity index (χ4n) is 2.60. The molecule has 1 saturated heterocycles. The lowest BCUT2D eigenvalue weighted by atomic mass is 9.80. The molecule has 0 amide bonds. The predicted molar refractivity (Wildman–Crippen MR) is 72.9 cm³/mol. The second kappa shape index (κ2) is 5.33. The topological polar surface area (TPSA) is 58.4 Å². The minimum atomic E-state index is -0.668. The van der Waals surface area contributed by atoms with Crippen LogP contribution >= 0.6 is 0 Å². The molecule has 106 valence electrons. The summed E-state index contributed by atoms with van der Waals surface area (Å²) in [6.07, 6.45) is 5.43. The summed E-state index contributed by atoms with van der Waals surface area (Å²) in [5.41, 5.74) is 0.657. The Kier molecular flexibility index (Phi) is 3.94. The molecule has 5 nitrogen and oxygen atoms in total. The van der Waals surface area contributed by atoms with Gasteiger partial charge < -0.3 is 5.11 Å². The number of hydrogen-bond donors (Lipinski definition) is 1. The summed E-state index contributed by atoms with van der Waals surface area (Å²) in [5.74, 6) is -0.668. The number of carboxylic acid groups (broad SMARTS) is 1. The van der Waals surface area contributed by atoms with Crippen molar-refractivity contribution in [3.8, 4) is 0 Å². The van der Waals surface area contributed by atoms with E-state index in [1.807, 2.05) is 17.8 Å². The van der Waals surface area contributed by atoms with Crippen LogP contribution < -0.4 is 0 Å². The first kappa shape index (κ1) is 14.1. The first-order valence-electron chi connectivity index (χ1n) is 6.96. The molecule has 1 aromatic heterocycles. The van der Waals surface area contributed by atoms with E-state index in [0.717, 1.165) is 19.6 Å². The number of aromatic nitrogens is 2. The van der Waals surface area contributed by atoms with Crippen molar-refractivity contribution < 1.29 is 9.90 Å². The Bertz CT molecular complexity index is 447. The molecule has 0 bridgehead atoms. The van der Waals surface area contributed by atoms with Gasteiger partial charge in [0.05, 0.1) is 11.6 Å². The molecule has 2 rings (SSSR count). The number of nitrogens with zero attached hydrogens (tertiary/aromatic N) is 3. The Balaban J connectivity index is 1.99. The Morgan fingerprint density at radius 2 is 2.16 bits per heavy atom. The van der Waals surface area contributed by atoms with Crippen LogP contribution in [0.4, 0.5) is 0 Å². The third kappa shape index (κ3) is 2.81. The zero-order valence-electron chi connectivity index (χ0n) is 12.0. The summed E-state index contributed by atoms with van der Waals surface area (Å²) in [6, 6.07) is 0.304. The first-order chi connectivity index (χ1) is 8.96. The summed E-state index contributed by atoms with van der Waals surface area (Å²) in [4.78, 5) is 13.6. The molecule has 2 heterocycles. The van der Waals surface area contributed by atoms with Crippen LogP contribution in [0.15, 0.2) is 12.4 Å². The van der Waals surface area contributed by atoms with Crippen LogP contribution in [0.1, 0.15) is 45.2 Å². The van der Waals surface area contributed by atoms with Gasteiger partial charge in [0.15, 0.2) is 0 Å². The monoisotopic (exact) mass is 265 g/mol. The Hall–Kier alpha value is -1.36. The van der Waals surface area contributed by atoms with Gasteiger partial charge in [-0.05, 0) is 46.7 Å². The average molecular weight is 265 g/mol. The fourth-order valence-corrected chi connectivity index (χ4v) is 2.60. The molecule has 1 unspecified atom stereocenters. The number of hydrogen-bond acceptors (Lipinski definition) is 3. The minimum Gasteiger partial charge on any atom is -0.481 e. The number of rotatable bonds is 4. The van der Waals surface area contributed by atoms with Gasteiger partial charge in [-0.15, -0.1) is 0 Å². The van der Waals surface area contributed by atoms with Crippen LogP contribution in [-0.2, 0) is 11.3 Å². The van der Waals surface area contributed by atoms with E-state index in [-0.39, 0.29) is 0 Å². The van der Waals surface area contributed by atoms with Gasteiger partial charge in [-0.25, -0.2) is 0 Å². The van der Waals surface area contributed by atoms with E-state index < -0.39 is 11.4 Å². The number of piperidine rings is 1. The van der Waals surface area contributed by atoms with E-state index in [2.05, 4.69) is 30.0 Å². The fraction of sp³-hybridized carbons (Fsp3) is 0.714. The number of aryl methyl sites for hydroxylation is 1. The van der Waals surface area contributed by atoms with Crippen LogP contribution in [-0.4, -0.2) is 38.8 Å². The maximum Gasteiger partial charge on any atom is 0.309 e. The lowest BCUT2D eigenvalue weighted by molar-refractivity contribution is -0.151. The summed E-state index contributed by atoms with van der Waals surface area (Å²) in [6.45, 7) is 8.64. The predicted octanol–water partition coefficient (Wildman–Crippen LogP) is 2.15. The third-order valence-corrected chi connectivity index (χ3v) is 4.43. The molecule has 0 saturated carbocycles. The maximum atomic E-state index is 11.2. The second-order valence-corrected chi connectivity index (χ2v) is 5.71. The quantitative estimate of drug-likeness (QED) is 0.906. The van der Waals surface area contributed by atoms with Gasteiger partial charge in [0.25, 0.3) is 0 Å². The van der Waals surface area contributed by atoms with Crippen molar-refractivity contribution in [3.63, 3.8) is 0 Å². The minimum absolute atomic E-state index is 0.304. The summed E-state index contributed by atoms with van der Waals surface area (Å²) < 4.78 is 1.93. The molecule has 1 aliphatic heterocycles. The van der Waals surface area contributed by atoms with Gasteiger partial charge in [0.2, 0.25) is 0 Å². The Labute approximate surface area is 114 Å². The van der Waals surface area contributed by atoms with Crippen molar-refractivity contribution in [1.82, 2.24) is 14.7 Å². The first-order valence-corrected chi connectivity index (χ1v) is 6.96. The number of aliphatic carboxylic acids is 1. The molecule has 1 aliphatic rings. The highest BCUT2D eigenvalue weighted by atomic mass is 16.4. The van der Waals surface area contributed by atoms with Crippen LogP contribution in [0.5, 0.6) is 0 Å². The van der Waals surface area contributed by atoms with Crippen LogP contribution in [0, 0.1) is 5.41 Å². The molecule has 19 heavy (non-hydrogen) atoms. The van der Waals surface area contributed by atoms with Crippen LogP contribution in [0.25, 0.3) is 0 Å². The van der Waals surface area contributed by atoms with E-state index in [9.17, 15) is 9.90 Å². The molecular weight excluding hydrogens is 242 g/mol. The van der Waals surface area contributed by atoms with E-state index in [1.54, 1.807) is 0 Å². The molecule has 1 fully saturated rings. The van der Waals surface area contributed by atoms with E-state index in [0.29, 0.717) is 18.9 Å². The molecular formula is C14H23N3O2. The molecule has 0 spiro atoms. The summed E-state index contributed by atoms with van der Waals surface area (Å²) in [5, 5.41) is 13.5. The van der Waals surface area contributed by atoms with Crippen molar-refractivity contribution in [2.45, 2.75) is 46.2 Å². The van der Waals surface area contributed by atoms with Crippen LogP contribution in [0.2, 0.25) is 0 Å².